The van der Waals surface area contributed by atoms with Gasteiger partial charge in [0.15, 0.2) is 0 Å². The standard InChI is InChI=1S/C19H30N4O2/c1-2-5-16(4-1)18-6-7-20-19(21-18)23-8-3-11-25-17(15-23)14-22-9-12-24-13-10-22/h6-7,16-17H,1-5,8-15H2. The lowest BCUT2D eigenvalue weighted by Gasteiger charge is -2.31. The lowest BCUT2D eigenvalue weighted by atomic mass is 10.0. The number of aromatic nitrogens is 2. The second-order valence-corrected chi connectivity index (χ2v) is 7.47. The number of morpholine rings is 1. The smallest absolute Gasteiger partial charge is 0.225 e. The summed E-state index contributed by atoms with van der Waals surface area (Å²) < 4.78 is 11.6. The number of anilines is 1. The zero-order valence-corrected chi connectivity index (χ0v) is 15.1. The van der Waals surface area contributed by atoms with Gasteiger partial charge in [-0.15, -0.1) is 0 Å². The first-order valence-corrected chi connectivity index (χ1v) is 9.88. The van der Waals surface area contributed by atoms with E-state index in [1.165, 1.54) is 31.4 Å². The summed E-state index contributed by atoms with van der Waals surface area (Å²) in [5, 5.41) is 0. The quantitative estimate of drug-likeness (QED) is 0.832. The van der Waals surface area contributed by atoms with Gasteiger partial charge in [-0.25, -0.2) is 9.97 Å². The largest absolute Gasteiger partial charge is 0.379 e. The monoisotopic (exact) mass is 346 g/mol. The number of ether oxygens (including phenoxy) is 2. The van der Waals surface area contributed by atoms with Gasteiger partial charge in [-0.3, -0.25) is 4.90 Å². The topological polar surface area (TPSA) is 50.7 Å². The van der Waals surface area contributed by atoms with Crippen LogP contribution in [0.4, 0.5) is 5.95 Å². The summed E-state index contributed by atoms with van der Waals surface area (Å²) in [4.78, 5) is 14.3. The fraction of sp³-hybridized carbons (Fsp3) is 0.789. The van der Waals surface area contributed by atoms with E-state index in [1.807, 2.05) is 6.20 Å². The van der Waals surface area contributed by atoms with Crippen molar-refractivity contribution in [2.24, 2.45) is 0 Å². The van der Waals surface area contributed by atoms with Gasteiger partial charge in [0.2, 0.25) is 5.95 Å². The van der Waals surface area contributed by atoms with E-state index in [4.69, 9.17) is 14.5 Å². The molecule has 0 bridgehead atoms. The maximum Gasteiger partial charge on any atom is 0.225 e. The van der Waals surface area contributed by atoms with Crippen LogP contribution in [0.25, 0.3) is 0 Å². The maximum absolute atomic E-state index is 6.11. The molecule has 6 nitrogen and oxygen atoms in total. The van der Waals surface area contributed by atoms with Gasteiger partial charge in [0.1, 0.15) is 0 Å². The van der Waals surface area contributed by atoms with Gasteiger partial charge in [0, 0.05) is 57.1 Å². The summed E-state index contributed by atoms with van der Waals surface area (Å²) >= 11 is 0. The van der Waals surface area contributed by atoms with Gasteiger partial charge in [-0.05, 0) is 25.3 Å². The minimum absolute atomic E-state index is 0.222. The van der Waals surface area contributed by atoms with Crippen molar-refractivity contribution >= 4 is 5.95 Å². The number of rotatable bonds is 4. The minimum atomic E-state index is 0.222. The van der Waals surface area contributed by atoms with Crippen molar-refractivity contribution in [1.29, 1.82) is 0 Å². The summed E-state index contributed by atoms with van der Waals surface area (Å²) in [5.41, 5.74) is 1.23. The predicted molar refractivity (Wildman–Crippen MR) is 97.1 cm³/mol. The van der Waals surface area contributed by atoms with Crippen LogP contribution in [0.5, 0.6) is 0 Å². The van der Waals surface area contributed by atoms with Crippen molar-refractivity contribution in [1.82, 2.24) is 14.9 Å². The molecule has 138 valence electrons. The third kappa shape index (κ3) is 4.49. The third-order valence-electron chi connectivity index (χ3n) is 5.64. The molecule has 0 spiro atoms. The van der Waals surface area contributed by atoms with Crippen LogP contribution < -0.4 is 4.90 Å². The van der Waals surface area contributed by atoms with Crippen molar-refractivity contribution in [3.05, 3.63) is 18.0 Å². The Balaban J connectivity index is 1.42. The molecule has 4 rings (SSSR count). The Morgan fingerprint density at radius 1 is 1.04 bits per heavy atom. The summed E-state index contributed by atoms with van der Waals surface area (Å²) in [6, 6.07) is 2.11. The molecule has 1 aromatic heterocycles. The molecule has 1 unspecified atom stereocenters. The summed E-state index contributed by atoms with van der Waals surface area (Å²) in [6.45, 7) is 7.35. The van der Waals surface area contributed by atoms with E-state index in [1.54, 1.807) is 0 Å². The van der Waals surface area contributed by atoms with Crippen molar-refractivity contribution < 1.29 is 9.47 Å². The van der Waals surface area contributed by atoms with Crippen LogP contribution in [0.2, 0.25) is 0 Å². The van der Waals surface area contributed by atoms with Crippen LogP contribution in [0, 0.1) is 0 Å². The summed E-state index contributed by atoms with van der Waals surface area (Å²) in [7, 11) is 0. The minimum Gasteiger partial charge on any atom is -0.379 e. The van der Waals surface area contributed by atoms with Gasteiger partial charge < -0.3 is 14.4 Å². The highest BCUT2D eigenvalue weighted by Gasteiger charge is 2.25. The van der Waals surface area contributed by atoms with E-state index < -0.39 is 0 Å². The molecule has 3 fully saturated rings. The van der Waals surface area contributed by atoms with Crippen LogP contribution in [-0.4, -0.2) is 73.5 Å². The normalized spacial score (nSPS) is 26.7. The Morgan fingerprint density at radius 2 is 1.88 bits per heavy atom. The SMILES string of the molecule is c1cc(C2CCCC2)nc(N2CCCOC(CN3CCOCC3)C2)n1. The fourth-order valence-electron chi connectivity index (χ4n) is 4.22. The van der Waals surface area contributed by atoms with Gasteiger partial charge in [-0.1, -0.05) is 12.8 Å². The molecule has 2 saturated heterocycles. The van der Waals surface area contributed by atoms with Gasteiger partial charge in [0.25, 0.3) is 0 Å². The van der Waals surface area contributed by atoms with Crippen LogP contribution in [0.1, 0.15) is 43.7 Å². The maximum atomic E-state index is 6.11. The first-order valence-electron chi connectivity index (χ1n) is 9.88. The van der Waals surface area contributed by atoms with Crippen LogP contribution >= 0.6 is 0 Å². The van der Waals surface area contributed by atoms with Crippen molar-refractivity contribution in [3.8, 4) is 0 Å². The lowest BCUT2D eigenvalue weighted by Crippen LogP contribution is -2.45. The van der Waals surface area contributed by atoms with E-state index >= 15 is 0 Å². The molecule has 1 aromatic rings. The number of nitrogens with zero attached hydrogens (tertiary/aromatic N) is 4. The first-order chi connectivity index (χ1) is 12.4. The van der Waals surface area contributed by atoms with Crippen molar-refractivity contribution in [2.75, 3.05) is 57.4 Å². The van der Waals surface area contributed by atoms with Crippen molar-refractivity contribution in [2.45, 2.75) is 44.1 Å². The molecule has 25 heavy (non-hydrogen) atoms. The van der Waals surface area contributed by atoms with Crippen LogP contribution in [-0.2, 0) is 9.47 Å². The van der Waals surface area contributed by atoms with E-state index in [9.17, 15) is 0 Å². The third-order valence-corrected chi connectivity index (χ3v) is 5.64. The molecular formula is C19H30N4O2. The summed E-state index contributed by atoms with van der Waals surface area (Å²) in [6.07, 6.45) is 8.43. The van der Waals surface area contributed by atoms with Crippen LogP contribution in [0.15, 0.2) is 12.3 Å². The molecule has 0 radical (unpaired) electrons. The molecular weight excluding hydrogens is 316 g/mol. The predicted octanol–water partition coefficient (Wildman–Crippen LogP) is 2.06. The molecule has 2 aliphatic heterocycles. The van der Waals surface area contributed by atoms with Gasteiger partial charge >= 0.3 is 0 Å². The van der Waals surface area contributed by atoms with Gasteiger partial charge in [0.05, 0.1) is 19.3 Å². The van der Waals surface area contributed by atoms with Crippen molar-refractivity contribution in [3.63, 3.8) is 0 Å². The molecule has 0 aromatic carbocycles. The Hall–Kier alpha value is -1.24. The second kappa shape index (κ2) is 8.43. The molecule has 6 heteroatoms. The Labute approximate surface area is 150 Å². The molecule has 3 heterocycles. The molecule has 0 amide bonds. The van der Waals surface area contributed by atoms with E-state index in [-0.39, 0.29) is 6.10 Å². The van der Waals surface area contributed by atoms with E-state index in [0.29, 0.717) is 5.92 Å². The fourth-order valence-corrected chi connectivity index (χ4v) is 4.22. The average molecular weight is 346 g/mol. The highest BCUT2D eigenvalue weighted by molar-refractivity contribution is 5.32. The molecule has 0 N–H and O–H groups in total. The Morgan fingerprint density at radius 3 is 2.72 bits per heavy atom. The molecule has 1 atom stereocenters. The molecule has 1 aliphatic carbocycles. The molecule has 1 saturated carbocycles. The van der Waals surface area contributed by atoms with E-state index in [2.05, 4.69) is 20.9 Å². The Bertz CT molecular complexity index is 544. The van der Waals surface area contributed by atoms with Crippen LogP contribution in [0.3, 0.4) is 0 Å². The molecule has 3 aliphatic rings. The van der Waals surface area contributed by atoms with E-state index in [0.717, 1.165) is 64.9 Å². The number of hydrogen-bond donors (Lipinski definition) is 0. The lowest BCUT2D eigenvalue weighted by molar-refractivity contribution is -0.00511. The van der Waals surface area contributed by atoms with Gasteiger partial charge in [-0.2, -0.15) is 0 Å². The zero-order valence-electron chi connectivity index (χ0n) is 15.1. The average Bonchev–Trinajstić information content (AvgIpc) is 3.10. The number of hydrogen-bond acceptors (Lipinski definition) is 6. The second-order valence-electron chi connectivity index (χ2n) is 7.47. The first kappa shape index (κ1) is 17.2. The highest BCUT2D eigenvalue weighted by Crippen LogP contribution is 2.33. The highest BCUT2D eigenvalue weighted by atomic mass is 16.5. The Kier molecular flexibility index (Phi) is 5.79. The zero-order chi connectivity index (χ0) is 16.9. The summed E-state index contributed by atoms with van der Waals surface area (Å²) in [5.74, 6) is 1.52.